The zero-order valence-electron chi connectivity index (χ0n) is 14.9. The number of nitrogens with zero attached hydrogens (tertiary/aromatic N) is 1. The molecule has 1 heterocycles. The summed E-state index contributed by atoms with van der Waals surface area (Å²) >= 11 is 1.53. The minimum Gasteiger partial charge on any atom is -0.468 e. The molecule has 0 saturated heterocycles. The maximum atomic E-state index is 12.8. The number of ketones is 2. The molecule has 2 aliphatic rings. The van der Waals surface area contributed by atoms with E-state index in [1.165, 1.54) is 11.3 Å². The van der Waals surface area contributed by atoms with E-state index < -0.39 is 5.92 Å². The summed E-state index contributed by atoms with van der Waals surface area (Å²) in [5.41, 5.74) is 1.61. The Morgan fingerprint density at radius 1 is 1.12 bits per heavy atom. The van der Waals surface area contributed by atoms with Gasteiger partial charge < -0.3 is 9.47 Å². The zero-order chi connectivity index (χ0) is 18.3. The van der Waals surface area contributed by atoms with Crippen molar-refractivity contribution in [1.29, 1.82) is 0 Å². The number of aromatic nitrogens is 1. The molecule has 2 aliphatic carbocycles. The van der Waals surface area contributed by atoms with Crippen molar-refractivity contribution in [3.63, 3.8) is 0 Å². The summed E-state index contributed by atoms with van der Waals surface area (Å²) in [6.07, 6.45) is 2.45. The lowest BCUT2D eigenvalue weighted by atomic mass is 9.77. The lowest BCUT2D eigenvalue weighted by Gasteiger charge is -2.24. The summed E-state index contributed by atoms with van der Waals surface area (Å²) in [7, 11) is 1.58. The molecule has 1 aromatic carbocycles. The van der Waals surface area contributed by atoms with E-state index in [1.807, 2.05) is 31.2 Å². The molecule has 2 fully saturated rings. The van der Waals surface area contributed by atoms with Crippen LogP contribution in [0.5, 0.6) is 5.75 Å². The smallest absolute Gasteiger partial charge is 0.188 e. The summed E-state index contributed by atoms with van der Waals surface area (Å²) in [5, 5.41) is 0.828. The molecule has 5 nitrogen and oxygen atoms in total. The second-order valence-corrected chi connectivity index (χ2v) is 8.18. The summed E-state index contributed by atoms with van der Waals surface area (Å²) in [6.45, 7) is 2.15. The fourth-order valence-corrected chi connectivity index (χ4v) is 4.96. The molecule has 26 heavy (non-hydrogen) atoms. The molecule has 1 aromatic heterocycles. The van der Waals surface area contributed by atoms with Crippen molar-refractivity contribution in [3.8, 4) is 16.3 Å². The Hall–Kier alpha value is -2.05. The van der Waals surface area contributed by atoms with Crippen LogP contribution in [0, 0.1) is 18.8 Å². The number of carbonyl (C=O) groups is 2. The quantitative estimate of drug-likeness (QED) is 0.591. The number of methoxy groups -OCH3 is 1. The van der Waals surface area contributed by atoms with Crippen LogP contribution in [0.4, 0.5) is 0 Å². The predicted molar refractivity (Wildman–Crippen MR) is 98.4 cm³/mol. The predicted octanol–water partition coefficient (Wildman–Crippen LogP) is 3.75. The molecule has 1 unspecified atom stereocenters. The highest BCUT2D eigenvalue weighted by molar-refractivity contribution is 7.15. The topological polar surface area (TPSA) is 65.5 Å². The first-order valence-corrected chi connectivity index (χ1v) is 9.67. The Labute approximate surface area is 156 Å². The van der Waals surface area contributed by atoms with Crippen molar-refractivity contribution in [2.24, 2.45) is 11.8 Å². The van der Waals surface area contributed by atoms with Gasteiger partial charge in [-0.2, -0.15) is 0 Å². The molecule has 0 radical (unpaired) electrons. The van der Waals surface area contributed by atoms with Gasteiger partial charge >= 0.3 is 0 Å². The van der Waals surface area contributed by atoms with Crippen molar-refractivity contribution in [1.82, 2.24) is 4.98 Å². The molecule has 0 aliphatic heterocycles. The van der Waals surface area contributed by atoms with Gasteiger partial charge in [-0.25, -0.2) is 4.98 Å². The minimum absolute atomic E-state index is 0.0458. The number of thiazole rings is 1. The van der Waals surface area contributed by atoms with Crippen LogP contribution in [-0.4, -0.2) is 30.5 Å². The van der Waals surface area contributed by atoms with Crippen LogP contribution in [0.15, 0.2) is 24.3 Å². The third-order valence-corrected chi connectivity index (χ3v) is 6.39. The van der Waals surface area contributed by atoms with E-state index >= 15 is 0 Å². The van der Waals surface area contributed by atoms with Crippen LogP contribution in [-0.2, 0) is 14.3 Å². The van der Waals surface area contributed by atoms with E-state index in [4.69, 9.17) is 14.5 Å². The normalized spacial score (nSPS) is 24.9. The SMILES string of the molecule is COCOc1ccc(-c2nc(C3C(=O)[C@@H]4CC[C@@H](C4)C3=O)c(C)s2)cc1. The highest BCUT2D eigenvalue weighted by Gasteiger charge is 2.48. The molecular weight excluding hydrogens is 350 g/mol. The molecule has 2 aromatic rings. The minimum atomic E-state index is -0.657. The van der Waals surface area contributed by atoms with E-state index in [0.29, 0.717) is 5.69 Å². The second kappa shape index (κ2) is 6.93. The number of carbonyl (C=O) groups excluding carboxylic acids is 2. The van der Waals surface area contributed by atoms with Gasteiger partial charge in [0.25, 0.3) is 0 Å². The van der Waals surface area contributed by atoms with Gasteiger partial charge in [0.15, 0.2) is 18.4 Å². The van der Waals surface area contributed by atoms with Gasteiger partial charge in [0, 0.05) is 29.4 Å². The fourth-order valence-electron chi connectivity index (χ4n) is 4.00. The Balaban J connectivity index is 1.61. The maximum Gasteiger partial charge on any atom is 0.188 e. The lowest BCUT2D eigenvalue weighted by molar-refractivity contribution is -0.136. The molecule has 0 N–H and O–H groups in total. The number of Topliss-reactive ketones (excluding diaryl/α,β-unsaturated/α-hetero) is 2. The molecule has 3 atom stereocenters. The maximum absolute atomic E-state index is 12.8. The number of fused-ring (bicyclic) bond motifs is 2. The molecular formula is C20H21NO4S. The van der Waals surface area contributed by atoms with Crippen molar-refractivity contribution in [3.05, 3.63) is 34.8 Å². The summed E-state index contributed by atoms with van der Waals surface area (Å²) in [5.74, 6) is 0.307. The number of hydrogen-bond acceptors (Lipinski definition) is 6. The van der Waals surface area contributed by atoms with Crippen LogP contribution in [0.1, 0.15) is 35.8 Å². The van der Waals surface area contributed by atoms with Crippen molar-refractivity contribution in [2.75, 3.05) is 13.9 Å². The zero-order valence-corrected chi connectivity index (χ0v) is 15.7. The molecule has 136 valence electrons. The summed E-state index contributed by atoms with van der Waals surface area (Å²) in [4.78, 5) is 31.2. The molecule has 0 amide bonds. The van der Waals surface area contributed by atoms with E-state index in [0.717, 1.165) is 40.5 Å². The third kappa shape index (κ3) is 2.97. The number of aryl methyl sites for hydroxylation is 1. The van der Waals surface area contributed by atoms with Crippen LogP contribution >= 0.6 is 11.3 Å². The number of ether oxygens (including phenoxy) is 2. The van der Waals surface area contributed by atoms with Crippen LogP contribution in [0.2, 0.25) is 0 Å². The van der Waals surface area contributed by atoms with E-state index in [2.05, 4.69) is 0 Å². The average molecular weight is 371 g/mol. The third-order valence-electron chi connectivity index (χ3n) is 5.36. The first-order valence-electron chi connectivity index (χ1n) is 8.85. The summed E-state index contributed by atoms with van der Waals surface area (Å²) in [6, 6.07) is 7.59. The molecule has 6 heteroatoms. The second-order valence-electron chi connectivity index (χ2n) is 6.98. The molecule has 2 bridgehead atoms. The highest BCUT2D eigenvalue weighted by atomic mass is 32.1. The molecule has 2 saturated carbocycles. The first-order chi connectivity index (χ1) is 12.6. The molecule has 0 spiro atoms. The van der Waals surface area contributed by atoms with Crippen molar-refractivity contribution in [2.45, 2.75) is 32.1 Å². The molecule has 4 rings (SSSR count). The van der Waals surface area contributed by atoms with Crippen LogP contribution in [0.3, 0.4) is 0 Å². The fraction of sp³-hybridized carbons (Fsp3) is 0.450. The van der Waals surface area contributed by atoms with Gasteiger partial charge in [-0.05, 0) is 50.5 Å². The number of rotatable bonds is 5. The van der Waals surface area contributed by atoms with E-state index in [1.54, 1.807) is 7.11 Å². The van der Waals surface area contributed by atoms with Crippen LogP contribution in [0.25, 0.3) is 10.6 Å². The Morgan fingerprint density at radius 2 is 1.77 bits per heavy atom. The Bertz CT molecular complexity index is 820. The van der Waals surface area contributed by atoms with Gasteiger partial charge in [0.05, 0.1) is 5.69 Å². The summed E-state index contributed by atoms with van der Waals surface area (Å²) < 4.78 is 10.3. The van der Waals surface area contributed by atoms with Gasteiger partial charge in [0.1, 0.15) is 16.7 Å². The van der Waals surface area contributed by atoms with Gasteiger partial charge in [-0.1, -0.05) is 0 Å². The standard InChI is InChI=1S/C20H21NO4S/c1-11-17(16-18(22)13-3-4-14(9-13)19(16)23)21-20(26-11)12-5-7-15(8-6-12)25-10-24-2/h5-8,13-14,16H,3-4,9-10H2,1-2H3/t13-,14+,16?. The Morgan fingerprint density at radius 3 is 2.38 bits per heavy atom. The van der Waals surface area contributed by atoms with Gasteiger partial charge in [0.2, 0.25) is 0 Å². The van der Waals surface area contributed by atoms with Crippen molar-refractivity contribution >= 4 is 22.9 Å². The van der Waals surface area contributed by atoms with E-state index in [-0.39, 0.29) is 30.2 Å². The number of benzene rings is 1. The van der Waals surface area contributed by atoms with Gasteiger partial charge in [-0.15, -0.1) is 11.3 Å². The lowest BCUT2D eigenvalue weighted by Crippen LogP contribution is -2.35. The van der Waals surface area contributed by atoms with Crippen LogP contribution < -0.4 is 4.74 Å². The van der Waals surface area contributed by atoms with E-state index in [9.17, 15) is 9.59 Å². The van der Waals surface area contributed by atoms with Gasteiger partial charge in [-0.3, -0.25) is 9.59 Å². The van der Waals surface area contributed by atoms with Crippen molar-refractivity contribution < 1.29 is 19.1 Å². The first kappa shape index (κ1) is 17.4. The largest absolute Gasteiger partial charge is 0.468 e. The monoisotopic (exact) mass is 371 g/mol. The number of hydrogen-bond donors (Lipinski definition) is 0. The average Bonchev–Trinajstić information content (AvgIpc) is 3.25. The Kier molecular flexibility index (Phi) is 4.63. The highest BCUT2D eigenvalue weighted by Crippen LogP contribution is 2.45.